The standard InChI is InChI=1S/C37H41F/c1-3-5-7-8-9-11-30-14-18-32(19-15-30)22-24-34-25-26-35-28-33(23-27-36(35)37(34)38)21-20-31-16-12-29(13-17-31)10-6-4-2/h12-19,23,25-28H,3-11,22,24H2,1-2H3. The molecular weight excluding hydrogens is 463 g/mol. The monoisotopic (exact) mass is 504 g/mol. The van der Waals surface area contributed by atoms with Gasteiger partial charge in [0.15, 0.2) is 0 Å². The van der Waals surface area contributed by atoms with E-state index in [1.54, 1.807) is 0 Å². The molecule has 4 aromatic rings. The van der Waals surface area contributed by atoms with Crippen LogP contribution in [-0.4, -0.2) is 0 Å². The number of fused-ring (bicyclic) bond motifs is 1. The van der Waals surface area contributed by atoms with Crippen molar-refractivity contribution in [1.29, 1.82) is 0 Å². The Morgan fingerprint density at radius 1 is 0.526 bits per heavy atom. The summed E-state index contributed by atoms with van der Waals surface area (Å²) in [6.07, 6.45) is 12.8. The molecule has 0 nitrogen and oxygen atoms in total. The highest BCUT2D eigenvalue weighted by Crippen LogP contribution is 2.24. The van der Waals surface area contributed by atoms with Gasteiger partial charge in [-0.15, -0.1) is 0 Å². The minimum Gasteiger partial charge on any atom is -0.206 e. The highest BCUT2D eigenvalue weighted by molar-refractivity contribution is 5.85. The van der Waals surface area contributed by atoms with Gasteiger partial charge in [0.2, 0.25) is 0 Å². The average molecular weight is 505 g/mol. The summed E-state index contributed by atoms with van der Waals surface area (Å²) in [5, 5.41) is 1.57. The van der Waals surface area contributed by atoms with Gasteiger partial charge in [0.1, 0.15) is 5.82 Å². The van der Waals surface area contributed by atoms with E-state index >= 15 is 4.39 Å². The molecule has 4 aromatic carbocycles. The minimum absolute atomic E-state index is 0.103. The maximum Gasteiger partial charge on any atom is 0.134 e. The molecule has 0 heterocycles. The van der Waals surface area contributed by atoms with Crippen LogP contribution >= 0.6 is 0 Å². The molecule has 0 N–H and O–H groups in total. The van der Waals surface area contributed by atoms with E-state index in [1.165, 1.54) is 61.6 Å². The molecule has 0 aliphatic heterocycles. The molecule has 0 aliphatic carbocycles. The number of halogens is 1. The van der Waals surface area contributed by atoms with Crippen LogP contribution in [0, 0.1) is 17.7 Å². The highest BCUT2D eigenvalue weighted by atomic mass is 19.1. The second-order valence-corrected chi connectivity index (χ2v) is 10.5. The van der Waals surface area contributed by atoms with Crippen LogP contribution in [0.2, 0.25) is 0 Å². The van der Waals surface area contributed by atoms with Crippen molar-refractivity contribution >= 4 is 10.8 Å². The van der Waals surface area contributed by atoms with Gasteiger partial charge in [0.05, 0.1) is 0 Å². The first-order chi connectivity index (χ1) is 18.7. The summed E-state index contributed by atoms with van der Waals surface area (Å²) in [6.45, 7) is 4.47. The molecule has 0 aromatic heterocycles. The van der Waals surface area contributed by atoms with E-state index in [0.717, 1.165) is 41.3 Å². The molecule has 0 aliphatic rings. The molecule has 0 unspecified atom stereocenters. The Labute approximate surface area is 229 Å². The Morgan fingerprint density at radius 2 is 1.11 bits per heavy atom. The van der Waals surface area contributed by atoms with E-state index in [2.05, 4.69) is 74.2 Å². The van der Waals surface area contributed by atoms with Crippen LogP contribution in [-0.2, 0) is 25.7 Å². The van der Waals surface area contributed by atoms with Crippen molar-refractivity contribution in [3.8, 4) is 11.8 Å². The fraction of sp³-hybridized carbons (Fsp3) is 0.351. The van der Waals surface area contributed by atoms with Crippen molar-refractivity contribution in [2.45, 2.75) is 84.5 Å². The highest BCUT2D eigenvalue weighted by Gasteiger charge is 2.08. The lowest BCUT2D eigenvalue weighted by Gasteiger charge is -2.08. The van der Waals surface area contributed by atoms with Crippen LogP contribution < -0.4 is 0 Å². The third kappa shape index (κ3) is 8.06. The first-order valence-corrected chi connectivity index (χ1v) is 14.6. The third-order valence-corrected chi connectivity index (χ3v) is 7.43. The Balaban J connectivity index is 1.35. The van der Waals surface area contributed by atoms with Crippen LogP contribution in [0.4, 0.5) is 4.39 Å². The topological polar surface area (TPSA) is 0 Å². The van der Waals surface area contributed by atoms with Gasteiger partial charge in [-0.3, -0.25) is 0 Å². The van der Waals surface area contributed by atoms with Gasteiger partial charge in [-0.1, -0.05) is 112 Å². The first kappa shape index (κ1) is 27.7. The lowest BCUT2D eigenvalue weighted by Crippen LogP contribution is -1.96. The number of unbranched alkanes of at least 4 members (excludes halogenated alkanes) is 5. The minimum atomic E-state index is -0.103. The van der Waals surface area contributed by atoms with E-state index in [-0.39, 0.29) is 5.82 Å². The van der Waals surface area contributed by atoms with Crippen LogP contribution in [0.3, 0.4) is 0 Å². The van der Waals surface area contributed by atoms with Crippen LogP contribution in [0.5, 0.6) is 0 Å². The molecule has 196 valence electrons. The fourth-order valence-corrected chi connectivity index (χ4v) is 4.97. The molecule has 0 saturated carbocycles. The predicted octanol–water partition coefficient (Wildman–Crippen LogP) is 10.0. The second kappa shape index (κ2) is 14.5. The van der Waals surface area contributed by atoms with Gasteiger partial charge < -0.3 is 0 Å². The summed E-state index contributed by atoms with van der Waals surface area (Å²) in [5.41, 5.74) is 6.73. The van der Waals surface area contributed by atoms with Crippen molar-refractivity contribution in [2.75, 3.05) is 0 Å². The summed E-state index contributed by atoms with van der Waals surface area (Å²) in [5.74, 6) is 6.40. The van der Waals surface area contributed by atoms with Crippen molar-refractivity contribution in [3.05, 3.63) is 118 Å². The van der Waals surface area contributed by atoms with E-state index in [4.69, 9.17) is 0 Å². The van der Waals surface area contributed by atoms with Crippen molar-refractivity contribution in [2.24, 2.45) is 0 Å². The largest absolute Gasteiger partial charge is 0.206 e. The molecule has 0 saturated heterocycles. The van der Waals surface area contributed by atoms with Crippen LogP contribution in [0.1, 0.15) is 92.2 Å². The zero-order chi connectivity index (χ0) is 26.6. The number of hydrogen-bond acceptors (Lipinski definition) is 0. The first-order valence-electron chi connectivity index (χ1n) is 14.6. The normalized spacial score (nSPS) is 10.9. The van der Waals surface area contributed by atoms with Crippen molar-refractivity contribution < 1.29 is 4.39 Å². The number of benzene rings is 4. The predicted molar refractivity (Wildman–Crippen MR) is 161 cm³/mol. The molecule has 0 fully saturated rings. The smallest absolute Gasteiger partial charge is 0.134 e. The third-order valence-electron chi connectivity index (χ3n) is 7.43. The van der Waals surface area contributed by atoms with Crippen molar-refractivity contribution in [1.82, 2.24) is 0 Å². The van der Waals surface area contributed by atoms with Gasteiger partial charge >= 0.3 is 0 Å². The van der Waals surface area contributed by atoms with E-state index in [0.29, 0.717) is 11.8 Å². The molecular formula is C37H41F. The SMILES string of the molecule is CCCCCCCc1ccc(CCc2ccc3cc(C#Cc4ccc(CCCC)cc4)ccc3c2F)cc1. The summed E-state index contributed by atoms with van der Waals surface area (Å²) in [4.78, 5) is 0. The van der Waals surface area contributed by atoms with Crippen LogP contribution in [0.15, 0.2) is 78.9 Å². The summed E-state index contributed by atoms with van der Waals surface area (Å²) < 4.78 is 15.3. The fourth-order valence-electron chi connectivity index (χ4n) is 4.97. The Morgan fingerprint density at radius 3 is 1.82 bits per heavy atom. The van der Waals surface area contributed by atoms with Crippen molar-refractivity contribution in [3.63, 3.8) is 0 Å². The Bertz CT molecular complexity index is 1350. The van der Waals surface area contributed by atoms with E-state index in [9.17, 15) is 0 Å². The zero-order valence-corrected chi connectivity index (χ0v) is 23.2. The number of aryl methyl sites for hydroxylation is 4. The number of rotatable bonds is 12. The molecule has 0 radical (unpaired) electrons. The second-order valence-electron chi connectivity index (χ2n) is 10.5. The van der Waals surface area contributed by atoms with Gasteiger partial charge in [0, 0.05) is 16.5 Å². The van der Waals surface area contributed by atoms with E-state index < -0.39 is 0 Å². The maximum atomic E-state index is 15.3. The molecule has 4 rings (SSSR count). The number of hydrogen-bond donors (Lipinski definition) is 0. The van der Waals surface area contributed by atoms with Gasteiger partial charge in [-0.2, -0.15) is 0 Å². The quantitative estimate of drug-likeness (QED) is 0.133. The molecule has 0 bridgehead atoms. The molecule has 0 amide bonds. The summed E-state index contributed by atoms with van der Waals surface area (Å²) >= 11 is 0. The lowest BCUT2D eigenvalue weighted by molar-refractivity contribution is 0.620. The Kier molecular flexibility index (Phi) is 10.6. The molecule has 38 heavy (non-hydrogen) atoms. The summed E-state index contributed by atoms with van der Waals surface area (Å²) in [6, 6.07) is 27.2. The van der Waals surface area contributed by atoms with Crippen LogP contribution in [0.25, 0.3) is 10.8 Å². The van der Waals surface area contributed by atoms with Gasteiger partial charge in [-0.25, -0.2) is 4.39 Å². The Hall–Kier alpha value is -3.37. The average Bonchev–Trinajstić information content (AvgIpc) is 2.95. The molecule has 0 atom stereocenters. The lowest BCUT2D eigenvalue weighted by atomic mass is 9.98. The van der Waals surface area contributed by atoms with Gasteiger partial charge in [0.25, 0.3) is 0 Å². The molecule has 1 heteroatoms. The zero-order valence-electron chi connectivity index (χ0n) is 23.2. The maximum absolute atomic E-state index is 15.3. The summed E-state index contributed by atoms with van der Waals surface area (Å²) in [7, 11) is 0. The van der Waals surface area contributed by atoms with Gasteiger partial charge in [-0.05, 0) is 90.4 Å². The molecule has 0 spiro atoms. The van der Waals surface area contributed by atoms with E-state index in [1.807, 2.05) is 30.3 Å².